The van der Waals surface area contributed by atoms with Crippen LogP contribution in [0.5, 0.6) is 0 Å². The molecule has 102 valence electrons. The zero-order chi connectivity index (χ0) is 13.8. The molecule has 1 aliphatic rings. The van der Waals surface area contributed by atoms with E-state index in [1.54, 1.807) is 0 Å². The Bertz CT molecular complexity index is 509. The van der Waals surface area contributed by atoms with Crippen LogP contribution in [0.2, 0.25) is 0 Å². The highest BCUT2D eigenvalue weighted by molar-refractivity contribution is 5.54. The molecule has 0 saturated heterocycles. The van der Waals surface area contributed by atoms with Crippen molar-refractivity contribution in [1.29, 1.82) is 0 Å². The average molecular weight is 264 g/mol. The van der Waals surface area contributed by atoms with E-state index in [9.17, 15) is 4.79 Å². The number of aldehydes is 1. The molecule has 0 aliphatic heterocycles. The van der Waals surface area contributed by atoms with E-state index in [2.05, 4.69) is 60.7 Å². The SMILES string of the molecule is O=CC1CCC(c2ccccc2)(c2ccccc2)CC1. The van der Waals surface area contributed by atoms with Crippen molar-refractivity contribution in [2.75, 3.05) is 0 Å². The summed E-state index contributed by atoms with van der Waals surface area (Å²) in [4.78, 5) is 11.0. The van der Waals surface area contributed by atoms with Crippen LogP contribution in [-0.2, 0) is 10.2 Å². The van der Waals surface area contributed by atoms with Crippen LogP contribution in [0.4, 0.5) is 0 Å². The van der Waals surface area contributed by atoms with Gasteiger partial charge in [0, 0.05) is 11.3 Å². The molecule has 1 fully saturated rings. The fourth-order valence-electron chi connectivity index (χ4n) is 3.53. The Morgan fingerprint density at radius 1 is 0.800 bits per heavy atom. The van der Waals surface area contributed by atoms with Crippen molar-refractivity contribution in [3.05, 3.63) is 71.8 Å². The lowest BCUT2D eigenvalue weighted by Gasteiger charge is -2.40. The van der Waals surface area contributed by atoms with Crippen molar-refractivity contribution in [1.82, 2.24) is 0 Å². The Labute approximate surface area is 120 Å². The maximum atomic E-state index is 11.0. The highest BCUT2D eigenvalue weighted by Crippen LogP contribution is 2.45. The van der Waals surface area contributed by atoms with E-state index in [0.717, 1.165) is 32.0 Å². The summed E-state index contributed by atoms with van der Waals surface area (Å²) in [6, 6.07) is 21.5. The first kappa shape index (κ1) is 13.1. The van der Waals surface area contributed by atoms with Gasteiger partial charge < -0.3 is 4.79 Å². The van der Waals surface area contributed by atoms with Crippen LogP contribution in [0, 0.1) is 5.92 Å². The second kappa shape index (κ2) is 5.62. The van der Waals surface area contributed by atoms with Crippen LogP contribution in [0.1, 0.15) is 36.8 Å². The molecule has 2 aromatic rings. The molecule has 2 aromatic carbocycles. The molecule has 0 heterocycles. The normalized spacial score (nSPS) is 18.6. The zero-order valence-electron chi connectivity index (χ0n) is 11.7. The molecule has 0 N–H and O–H groups in total. The summed E-state index contributed by atoms with van der Waals surface area (Å²) in [5.74, 6) is 0.246. The Morgan fingerprint density at radius 2 is 1.25 bits per heavy atom. The first-order valence-electron chi connectivity index (χ1n) is 7.41. The molecular formula is C19H20O. The minimum Gasteiger partial charge on any atom is -0.303 e. The Kier molecular flexibility index (Phi) is 3.68. The van der Waals surface area contributed by atoms with Crippen LogP contribution in [0.15, 0.2) is 60.7 Å². The summed E-state index contributed by atoms with van der Waals surface area (Å²) < 4.78 is 0. The first-order valence-corrected chi connectivity index (χ1v) is 7.41. The fraction of sp³-hybridized carbons (Fsp3) is 0.316. The minimum absolute atomic E-state index is 0.0853. The van der Waals surface area contributed by atoms with Gasteiger partial charge in [0.25, 0.3) is 0 Å². The molecule has 0 bridgehead atoms. The summed E-state index contributed by atoms with van der Waals surface area (Å²) in [7, 11) is 0. The van der Waals surface area contributed by atoms with Crippen molar-refractivity contribution in [2.24, 2.45) is 5.92 Å². The van der Waals surface area contributed by atoms with Gasteiger partial charge in [-0.1, -0.05) is 60.7 Å². The number of carbonyl (C=O) groups excluding carboxylic acids is 1. The molecule has 1 nitrogen and oxygen atoms in total. The third-order valence-corrected chi connectivity index (χ3v) is 4.73. The van der Waals surface area contributed by atoms with Gasteiger partial charge in [0.1, 0.15) is 6.29 Å². The topological polar surface area (TPSA) is 17.1 Å². The van der Waals surface area contributed by atoms with Crippen molar-refractivity contribution in [2.45, 2.75) is 31.1 Å². The van der Waals surface area contributed by atoms with Gasteiger partial charge >= 0.3 is 0 Å². The van der Waals surface area contributed by atoms with Gasteiger partial charge in [-0.25, -0.2) is 0 Å². The molecule has 0 atom stereocenters. The third-order valence-electron chi connectivity index (χ3n) is 4.73. The predicted molar refractivity (Wildman–Crippen MR) is 81.7 cm³/mol. The molecule has 0 spiro atoms. The molecule has 3 rings (SSSR count). The molecule has 1 saturated carbocycles. The van der Waals surface area contributed by atoms with Crippen molar-refractivity contribution in [3.8, 4) is 0 Å². The van der Waals surface area contributed by atoms with E-state index in [4.69, 9.17) is 0 Å². The van der Waals surface area contributed by atoms with Gasteiger partial charge in [-0.3, -0.25) is 0 Å². The van der Waals surface area contributed by atoms with E-state index >= 15 is 0 Å². The molecule has 20 heavy (non-hydrogen) atoms. The highest BCUT2D eigenvalue weighted by atomic mass is 16.1. The number of carbonyl (C=O) groups is 1. The van der Waals surface area contributed by atoms with Gasteiger partial charge in [-0.2, -0.15) is 0 Å². The van der Waals surface area contributed by atoms with Crippen molar-refractivity contribution >= 4 is 6.29 Å². The van der Waals surface area contributed by atoms with Gasteiger partial charge in [-0.05, 0) is 36.8 Å². The lowest BCUT2D eigenvalue weighted by atomic mass is 9.63. The summed E-state index contributed by atoms with van der Waals surface area (Å²) >= 11 is 0. The highest BCUT2D eigenvalue weighted by Gasteiger charge is 2.37. The molecular weight excluding hydrogens is 244 g/mol. The number of benzene rings is 2. The third kappa shape index (κ3) is 2.29. The van der Waals surface area contributed by atoms with Crippen molar-refractivity contribution < 1.29 is 4.79 Å². The molecule has 0 aromatic heterocycles. The van der Waals surface area contributed by atoms with Crippen LogP contribution >= 0.6 is 0 Å². The van der Waals surface area contributed by atoms with Crippen LogP contribution in [0.25, 0.3) is 0 Å². The first-order chi connectivity index (χ1) is 9.85. The van der Waals surface area contributed by atoms with E-state index in [1.807, 2.05) is 0 Å². The van der Waals surface area contributed by atoms with E-state index in [0.29, 0.717) is 0 Å². The van der Waals surface area contributed by atoms with Crippen molar-refractivity contribution in [3.63, 3.8) is 0 Å². The lowest BCUT2D eigenvalue weighted by molar-refractivity contribution is -0.112. The molecule has 0 unspecified atom stereocenters. The van der Waals surface area contributed by atoms with Gasteiger partial charge in [0.2, 0.25) is 0 Å². The molecule has 1 aliphatic carbocycles. The lowest BCUT2D eigenvalue weighted by Crippen LogP contribution is -2.33. The predicted octanol–water partition coefficient (Wildman–Crippen LogP) is 4.36. The summed E-state index contributed by atoms with van der Waals surface area (Å²) in [5.41, 5.74) is 2.85. The minimum atomic E-state index is 0.0853. The quantitative estimate of drug-likeness (QED) is 0.753. The van der Waals surface area contributed by atoms with Gasteiger partial charge in [0.05, 0.1) is 0 Å². The molecule has 0 amide bonds. The Hall–Kier alpha value is -1.89. The van der Waals surface area contributed by atoms with E-state index in [1.165, 1.54) is 11.1 Å². The smallest absolute Gasteiger partial charge is 0.123 e. The maximum absolute atomic E-state index is 11.0. The summed E-state index contributed by atoms with van der Waals surface area (Å²) in [6.07, 6.45) is 5.25. The van der Waals surface area contributed by atoms with Crippen LogP contribution < -0.4 is 0 Å². The largest absolute Gasteiger partial charge is 0.303 e. The van der Waals surface area contributed by atoms with Crippen LogP contribution in [0.3, 0.4) is 0 Å². The Morgan fingerprint density at radius 3 is 1.65 bits per heavy atom. The van der Waals surface area contributed by atoms with E-state index in [-0.39, 0.29) is 11.3 Å². The second-order valence-corrected chi connectivity index (χ2v) is 5.79. The summed E-state index contributed by atoms with van der Waals surface area (Å²) in [5, 5.41) is 0. The average Bonchev–Trinajstić information content (AvgIpc) is 2.56. The van der Waals surface area contributed by atoms with Gasteiger partial charge in [-0.15, -0.1) is 0 Å². The van der Waals surface area contributed by atoms with Crippen LogP contribution in [-0.4, -0.2) is 6.29 Å². The number of hydrogen-bond acceptors (Lipinski definition) is 1. The Balaban J connectivity index is 2.03. The van der Waals surface area contributed by atoms with E-state index < -0.39 is 0 Å². The monoisotopic (exact) mass is 264 g/mol. The maximum Gasteiger partial charge on any atom is 0.123 e. The molecule has 1 heteroatoms. The molecule has 0 radical (unpaired) electrons. The van der Waals surface area contributed by atoms with Gasteiger partial charge in [0.15, 0.2) is 0 Å². The zero-order valence-corrected chi connectivity index (χ0v) is 11.7. The standard InChI is InChI=1S/C19H20O/c20-15-16-11-13-19(14-12-16,17-7-3-1-4-8-17)18-9-5-2-6-10-18/h1-10,15-16H,11-14H2. The second-order valence-electron chi connectivity index (χ2n) is 5.79. The number of hydrogen-bond donors (Lipinski definition) is 0. The summed E-state index contributed by atoms with van der Waals surface area (Å²) in [6.45, 7) is 0. The number of rotatable bonds is 3. The fourth-order valence-corrected chi connectivity index (χ4v) is 3.53.